The fourth-order valence-corrected chi connectivity index (χ4v) is 2.16. The van der Waals surface area contributed by atoms with Gasteiger partial charge in [-0.25, -0.2) is 4.79 Å². The highest BCUT2D eigenvalue weighted by molar-refractivity contribution is 5.67. The summed E-state index contributed by atoms with van der Waals surface area (Å²) in [5.41, 5.74) is 0. The molecule has 6 nitrogen and oxygen atoms in total. The third kappa shape index (κ3) is 6.42. The van der Waals surface area contributed by atoms with Crippen molar-refractivity contribution in [3.05, 3.63) is 0 Å². The molecular weight excluding hydrogens is 248 g/mol. The molecule has 0 radical (unpaired) electrons. The average molecular weight is 272 g/mol. The number of nitrogens with zero attached hydrogens (tertiary/aromatic N) is 2. The minimum absolute atomic E-state index is 0.219. The van der Waals surface area contributed by atoms with Crippen molar-refractivity contribution in [3.8, 4) is 0 Å². The molecule has 0 unspecified atom stereocenters. The molecule has 1 fully saturated rings. The lowest BCUT2D eigenvalue weighted by atomic mass is 10.2. The summed E-state index contributed by atoms with van der Waals surface area (Å²) in [7, 11) is 0. The van der Waals surface area contributed by atoms with Crippen LogP contribution in [0.1, 0.15) is 32.6 Å². The number of rotatable bonds is 7. The summed E-state index contributed by atoms with van der Waals surface area (Å²) in [6.07, 6.45) is 2.76. The third-order valence-corrected chi connectivity index (χ3v) is 3.26. The van der Waals surface area contributed by atoms with Crippen LogP contribution in [-0.2, 0) is 9.53 Å². The van der Waals surface area contributed by atoms with Crippen LogP contribution in [0.25, 0.3) is 0 Å². The van der Waals surface area contributed by atoms with Gasteiger partial charge in [0.25, 0.3) is 0 Å². The van der Waals surface area contributed by atoms with Crippen molar-refractivity contribution in [2.45, 2.75) is 32.6 Å². The van der Waals surface area contributed by atoms with Crippen LogP contribution < -0.4 is 0 Å². The molecule has 0 aromatic carbocycles. The summed E-state index contributed by atoms with van der Waals surface area (Å²) >= 11 is 0. The van der Waals surface area contributed by atoms with Gasteiger partial charge >= 0.3 is 12.1 Å². The van der Waals surface area contributed by atoms with Gasteiger partial charge in [-0.2, -0.15) is 0 Å². The number of unbranched alkanes of at least 4 members (excludes halogenated alkanes) is 2. The molecule has 0 aromatic heterocycles. The predicted molar refractivity (Wildman–Crippen MR) is 71.1 cm³/mol. The number of carbonyl (C=O) groups excluding carboxylic acids is 1. The highest BCUT2D eigenvalue weighted by Crippen LogP contribution is 2.07. The molecule has 1 amide bonds. The van der Waals surface area contributed by atoms with Gasteiger partial charge in [-0.3, -0.25) is 9.69 Å². The highest BCUT2D eigenvalue weighted by atomic mass is 16.6. The van der Waals surface area contributed by atoms with E-state index in [0.717, 1.165) is 38.9 Å². The monoisotopic (exact) mass is 272 g/mol. The van der Waals surface area contributed by atoms with E-state index in [1.54, 1.807) is 4.90 Å². The summed E-state index contributed by atoms with van der Waals surface area (Å²) in [6.45, 7) is 6.39. The molecule has 0 atom stereocenters. The Morgan fingerprint density at radius 2 is 1.79 bits per heavy atom. The Morgan fingerprint density at radius 3 is 2.37 bits per heavy atom. The number of carboxylic acids is 1. The number of piperazine rings is 1. The van der Waals surface area contributed by atoms with Gasteiger partial charge in [-0.05, 0) is 26.3 Å². The minimum atomic E-state index is -0.719. The van der Waals surface area contributed by atoms with Crippen molar-refractivity contribution >= 4 is 12.1 Å². The van der Waals surface area contributed by atoms with Crippen molar-refractivity contribution in [2.24, 2.45) is 0 Å². The lowest BCUT2D eigenvalue weighted by Crippen LogP contribution is -2.49. The van der Waals surface area contributed by atoms with Crippen molar-refractivity contribution in [3.63, 3.8) is 0 Å². The first-order chi connectivity index (χ1) is 9.13. The second-order valence-electron chi connectivity index (χ2n) is 4.73. The topological polar surface area (TPSA) is 70.1 Å². The van der Waals surface area contributed by atoms with E-state index in [2.05, 4.69) is 4.90 Å². The average Bonchev–Trinajstić information content (AvgIpc) is 2.39. The summed E-state index contributed by atoms with van der Waals surface area (Å²) < 4.78 is 4.96. The molecule has 1 aliphatic rings. The summed E-state index contributed by atoms with van der Waals surface area (Å²) in [6, 6.07) is 0. The quantitative estimate of drug-likeness (QED) is 0.709. The summed E-state index contributed by atoms with van der Waals surface area (Å²) in [4.78, 5) is 25.9. The molecule has 1 saturated heterocycles. The smallest absolute Gasteiger partial charge is 0.409 e. The van der Waals surface area contributed by atoms with Gasteiger partial charge in [0.05, 0.1) is 6.61 Å². The van der Waals surface area contributed by atoms with Crippen molar-refractivity contribution < 1.29 is 19.4 Å². The predicted octanol–water partition coefficient (Wildman–Crippen LogP) is 1.41. The SMILES string of the molecule is CCOC(=O)N1CCN(CCCCCC(=O)O)CC1. The Morgan fingerprint density at radius 1 is 1.11 bits per heavy atom. The number of hydrogen-bond acceptors (Lipinski definition) is 4. The standard InChI is InChI=1S/C13H24N2O4/c1-2-19-13(18)15-10-8-14(9-11-15)7-5-3-4-6-12(16)17/h2-11H2,1H3,(H,16,17). The first-order valence-corrected chi connectivity index (χ1v) is 6.99. The van der Waals surface area contributed by atoms with Crippen LogP contribution in [0.3, 0.4) is 0 Å². The Labute approximate surface area is 114 Å². The molecule has 1 aliphatic heterocycles. The van der Waals surface area contributed by atoms with Crippen LogP contribution in [0.2, 0.25) is 0 Å². The Kier molecular flexibility index (Phi) is 7.25. The van der Waals surface area contributed by atoms with E-state index in [1.165, 1.54) is 0 Å². The molecule has 0 saturated carbocycles. The van der Waals surface area contributed by atoms with Crippen LogP contribution in [0.5, 0.6) is 0 Å². The van der Waals surface area contributed by atoms with E-state index < -0.39 is 5.97 Å². The highest BCUT2D eigenvalue weighted by Gasteiger charge is 2.21. The normalized spacial score (nSPS) is 16.4. The van der Waals surface area contributed by atoms with Gasteiger partial charge in [0.15, 0.2) is 0 Å². The number of hydrogen-bond donors (Lipinski definition) is 1. The van der Waals surface area contributed by atoms with E-state index in [9.17, 15) is 9.59 Å². The number of aliphatic carboxylic acids is 1. The van der Waals surface area contributed by atoms with Gasteiger partial charge in [0, 0.05) is 32.6 Å². The molecule has 19 heavy (non-hydrogen) atoms. The first-order valence-electron chi connectivity index (χ1n) is 6.99. The molecule has 110 valence electrons. The van der Waals surface area contributed by atoms with E-state index in [0.29, 0.717) is 19.7 Å². The molecule has 6 heteroatoms. The minimum Gasteiger partial charge on any atom is -0.481 e. The summed E-state index contributed by atoms with van der Waals surface area (Å²) in [5.74, 6) is -0.719. The molecule has 0 aliphatic carbocycles. The lowest BCUT2D eigenvalue weighted by molar-refractivity contribution is -0.137. The fraction of sp³-hybridized carbons (Fsp3) is 0.846. The molecule has 1 heterocycles. The Bertz CT molecular complexity index is 288. The fourth-order valence-electron chi connectivity index (χ4n) is 2.16. The van der Waals surface area contributed by atoms with Crippen molar-refractivity contribution in [1.29, 1.82) is 0 Å². The van der Waals surface area contributed by atoms with Crippen molar-refractivity contribution in [1.82, 2.24) is 9.80 Å². The molecule has 0 spiro atoms. The number of carbonyl (C=O) groups is 2. The first kappa shape index (κ1) is 15.8. The van der Waals surface area contributed by atoms with Crippen LogP contribution in [0.15, 0.2) is 0 Å². The molecule has 0 aromatic rings. The zero-order valence-corrected chi connectivity index (χ0v) is 11.6. The van der Waals surface area contributed by atoms with E-state index in [-0.39, 0.29) is 12.5 Å². The van der Waals surface area contributed by atoms with Crippen molar-refractivity contribution in [2.75, 3.05) is 39.3 Å². The van der Waals surface area contributed by atoms with E-state index >= 15 is 0 Å². The van der Waals surface area contributed by atoms with Gasteiger partial charge in [0.1, 0.15) is 0 Å². The Hall–Kier alpha value is -1.30. The largest absolute Gasteiger partial charge is 0.481 e. The van der Waals surface area contributed by atoms with Crippen LogP contribution in [-0.4, -0.2) is 66.3 Å². The van der Waals surface area contributed by atoms with E-state index in [1.807, 2.05) is 6.92 Å². The zero-order valence-electron chi connectivity index (χ0n) is 11.6. The third-order valence-electron chi connectivity index (χ3n) is 3.26. The number of ether oxygens (including phenoxy) is 1. The van der Waals surface area contributed by atoms with Gasteiger partial charge in [-0.15, -0.1) is 0 Å². The molecule has 1 N–H and O–H groups in total. The summed E-state index contributed by atoms with van der Waals surface area (Å²) in [5, 5.41) is 8.53. The number of amides is 1. The maximum Gasteiger partial charge on any atom is 0.409 e. The van der Waals surface area contributed by atoms with Gasteiger partial charge < -0.3 is 14.7 Å². The second-order valence-corrected chi connectivity index (χ2v) is 4.73. The maximum atomic E-state index is 11.5. The van der Waals surface area contributed by atoms with Gasteiger partial charge in [-0.1, -0.05) is 6.42 Å². The zero-order chi connectivity index (χ0) is 14.1. The molecule has 0 bridgehead atoms. The van der Waals surface area contributed by atoms with Crippen LogP contribution in [0, 0.1) is 0 Å². The van der Waals surface area contributed by atoms with Crippen LogP contribution in [0.4, 0.5) is 4.79 Å². The molecule has 1 rings (SSSR count). The maximum absolute atomic E-state index is 11.5. The second kappa shape index (κ2) is 8.74. The lowest BCUT2D eigenvalue weighted by Gasteiger charge is -2.33. The van der Waals surface area contributed by atoms with E-state index in [4.69, 9.17) is 9.84 Å². The van der Waals surface area contributed by atoms with Gasteiger partial charge in [0.2, 0.25) is 0 Å². The Balaban J connectivity index is 2.06. The van der Waals surface area contributed by atoms with Crippen LogP contribution >= 0.6 is 0 Å². The number of carboxylic acid groups (broad SMARTS) is 1. The molecular formula is C13H24N2O4.